The van der Waals surface area contributed by atoms with Crippen molar-refractivity contribution in [1.29, 1.82) is 0 Å². The standard InChI is InChI=1S/C29H42OSi/c1-6-21-13-15-26-25-14-12-22-20-23(30-31(4,5)24-10-8-7-9-11-24)16-18-29(22,3)27(25)17-19-28(21,26)2/h6-12,23,25-27H,13-20H2,1-5H3/b21-6-/t23-,25-,26-,27-,28+,29-/m0/s1. The number of fused-ring (bicyclic) bond motifs is 5. The molecule has 3 saturated carbocycles. The predicted molar refractivity (Wildman–Crippen MR) is 134 cm³/mol. The van der Waals surface area contributed by atoms with Crippen LogP contribution in [0.25, 0.3) is 0 Å². The summed E-state index contributed by atoms with van der Waals surface area (Å²) in [4.78, 5) is 0. The van der Waals surface area contributed by atoms with E-state index in [1.165, 1.54) is 56.6 Å². The average Bonchev–Trinajstić information content (AvgIpc) is 3.11. The van der Waals surface area contributed by atoms with E-state index in [1.807, 2.05) is 0 Å². The lowest BCUT2D eigenvalue weighted by Crippen LogP contribution is -2.52. The molecule has 6 atom stereocenters. The van der Waals surface area contributed by atoms with Gasteiger partial charge in [0.1, 0.15) is 0 Å². The Hall–Kier alpha value is -1.12. The van der Waals surface area contributed by atoms with Crippen LogP contribution >= 0.6 is 0 Å². The van der Waals surface area contributed by atoms with Crippen molar-refractivity contribution in [1.82, 2.24) is 0 Å². The molecule has 168 valence electrons. The summed E-state index contributed by atoms with van der Waals surface area (Å²) in [7, 11) is -1.86. The molecule has 0 amide bonds. The summed E-state index contributed by atoms with van der Waals surface area (Å²) in [5.74, 6) is 2.70. The first kappa shape index (κ1) is 21.7. The van der Waals surface area contributed by atoms with Gasteiger partial charge < -0.3 is 4.43 Å². The summed E-state index contributed by atoms with van der Waals surface area (Å²) in [6, 6.07) is 11.0. The molecule has 31 heavy (non-hydrogen) atoms. The maximum atomic E-state index is 6.90. The predicted octanol–water partition coefficient (Wildman–Crippen LogP) is 7.39. The molecule has 1 aromatic rings. The maximum Gasteiger partial charge on any atom is 0.218 e. The van der Waals surface area contributed by atoms with Gasteiger partial charge in [-0.25, -0.2) is 0 Å². The minimum atomic E-state index is -1.86. The van der Waals surface area contributed by atoms with Crippen molar-refractivity contribution < 1.29 is 4.43 Å². The van der Waals surface area contributed by atoms with E-state index in [9.17, 15) is 0 Å². The van der Waals surface area contributed by atoms with Gasteiger partial charge in [-0.3, -0.25) is 0 Å². The lowest BCUT2D eigenvalue weighted by Gasteiger charge is -2.57. The smallest absolute Gasteiger partial charge is 0.218 e. The fourth-order valence-corrected chi connectivity index (χ4v) is 10.5. The largest absolute Gasteiger partial charge is 0.410 e. The van der Waals surface area contributed by atoms with Crippen LogP contribution in [-0.2, 0) is 4.43 Å². The van der Waals surface area contributed by atoms with Crippen LogP contribution in [0, 0.1) is 28.6 Å². The normalized spacial score (nSPS) is 41.3. The first-order valence-corrected chi connectivity index (χ1v) is 15.8. The summed E-state index contributed by atoms with van der Waals surface area (Å²) in [6.07, 6.45) is 16.2. The minimum absolute atomic E-state index is 0.410. The molecule has 0 aromatic heterocycles. The van der Waals surface area contributed by atoms with Crippen molar-refractivity contribution in [3.63, 3.8) is 0 Å². The Kier molecular flexibility index (Phi) is 5.41. The van der Waals surface area contributed by atoms with Gasteiger partial charge in [0.25, 0.3) is 0 Å². The second-order valence-electron chi connectivity index (χ2n) is 11.9. The zero-order valence-electron chi connectivity index (χ0n) is 20.4. The fraction of sp³-hybridized carbons (Fsp3) is 0.655. The first-order valence-electron chi connectivity index (χ1n) is 12.9. The Balaban J connectivity index is 1.34. The van der Waals surface area contributed by atoms with Gasteiger partial charge in [-0.2, -0.15) is 0 Å². The molecule has 3 fully saturated rings. The number of rotatable bonds is 3. The quantitative estimate of drug-likeness (QED) is 0.356. The van der Waals surface area contributed by atoms with Gasteiger partial charge in [0.05, 0.1) is 0 Å². The molecular formula is C29H42OSi. The number of benzene rings is 1. The summed E-state index contributed by atoms with van der Waals surface area (Å²) < 4.78 is 6.90. The number of allylic oxidation sites excluding steroid dienone is 3. The zero-order chi connectivity index (χ0) is 21.9. The molecule has 0 radical (unpaired) electrons. The van der Waals surface area contributed by atoms with Gasteiger partial charge in [-0.15, -0.1) is 0 Å². The van der Waals surface area contributed by atoms with Crippen LogP contribution in [0.3, 0.4) is 0 Å². The van der Waals surface area contributed by atoms with E-state index in [2.05, 4.69) is 76.3 Å². The zero-order valence-corrected chi connectivity index (χ0v) is 21.4. The third-order valence-corrected chi connectivity index (χ3v) is 12.8. The van der Waals surface area contributed by atoms with Crippen molar-refractivity contribution in [2.24, 2.45) is 28.6 Å². The molecule has 5 rings (SSSR count). The van der Waals surface area contributed by atoms with Gasteiger partial charge in [-0.05, 0) is 105 Å². The van der Waals surface area contributed by atoms with E-state index in [0.717, 1.165) is 17.8 Å². The van der Waals surface area contributed by atoms with Gasteiger partial charge >= 0.3 is 0 Å². The lowest BCUT2D eigenvalue weighted by atomic mass is 9.48. The minimum Gasteiger partial charge on any atom is -0.410 e. The van der Waals surface area contributed by atoms with E-state index in [1.54, 1.807) is 11.1 Å². The summed E-state index contributed by atoms with van der Waals surface area (Å²) in [5, 5.41) is 1.42. The average molecular weight is 435 g/mol. The van der Waals surface area contributed by atoms with Crippen molar-refractivity contribution >= 4 is 13.5 Å². The Morgan fingerprint density at radius 3 is 2.42 bits per heavy atom. The molecule has 0 spiro atoms. The van der Waals surface area contributed by atoms with E-state index in [4.69, 9.17) is 4.43 Å². The molecule has 0 N–H and O–H groups in total. The van der Waals surface area contributed by atoms with Crippen molar-refractivity contribution in [3.05, 3.63) is 53.6 Å². The van der Waals surface area contributed by atoms with Crippen molar-refractivity contribution in [3.8, 4) is 0 Å². The molecule has 0 unspecified atom stereocenters. The maximum absolute atomic E-state index is 6.90. The van der Waals surface area contributed by atoms with E-state index >= 15 is 0 Å². The summed E-state index contributed by atoms with van der Waals surface area (Å²) in [5.41, 5.74) is 4.42. The Labute approximate surface area is 191 Å². The Morgan fingerprint density at radius 1 is 0.968 bits per heavy atom. The Morgan fingerprint density at radius 2 is 1.68 bits per heavy atom. The van der Waals surface area contributed by atoms with Gasteiger partial charge in [0.15, 0.2) is 0 Å². The highest BCUT2D eigenvalue weighted by atomic mass is 28.4. The van der Waals surface area contributed by atoms with E-state index in [-0.39, 0.29) is 0 Å². The third-order valence-electron chi connectivity index (χ3n) is 10.2. The Bertz CT molecular complexity index is 883. The molecule has 1 nitrogen and oxygen atoms in total. The van der Waals surface area contributed by atoms with E-state index < -0.39 is 8.32 Å². The van der Waals surface area contributed by atoms with Gasteiger partial charge in [0.2, 0.25) is 8.32 Å². The van der Waals surface area contributed by atoms with Crippen LogP contribution in [0.5, 0.6) is 0 Å². The van der Waals surface area contributed by atoms with Gasteiger partial charge in [0, 0.05) is 6.10 Å². The van der Waals surface area contributed by atoms with Crippen molar-refractivity contribution in [2.75, 3.05) is 0 Å². The van der Waals surface area contributed by atoms with Crippen LogP contribution < -0.4 is 5.19 Å². The monoisotopic (exact) mass is 434 g/mol. The SMILES string of the molecule is C/C=C1/CC[C@H]2[C@@H]3CC=C4C[C@@H](O[Si](C)(C)c5ccccc5)CC[C@]4(C)[C@H]3CC[C@]12C. The molecule has 4 aliphatic rings. The molecule has 1 aromatic carbocycles. The van der Waals surface area contributed by atoms with E-state index in [0.29, 0.717) is 16.9 Å². The summed E-state index contributed by atoms with van der Waals surface area (Å²) in [6.45, 7) is 12.3. The molecular weight excluding hydrogens is 392 g/mol. The lowest BCUT2D eigenvalue weighted by molar-refractivity contribution is -0.0248. The molecule has 0 saturated heterocycles. The highest BCUT2D eigenvalue weighted by Crippen LogP contribution is 2.66. The van der Waals surface area contributed by atoms with Crippen molar-refractivity contribution in [2.45, 2.75) is 91.3 Å². The molecule has 0 heterocycles. The van der Waals surface area contributed by atoms with Gasteiger partial charge in [-0.1, -0.05) is 67.5 Å². The molecule has 0 aliphatic heterocycles. The molecule has 4 aliphatic carbocycles. The van der Waals surface area contributed by atoms with Crippen LogP contribution in [-0.4, -0.2) is 14.4 Å². The van der Waals surface area contributed by atoms with Crippen LogP contribution in [0.4, 0.5) is 0 Å². The third kappa shape index (κ3) is 3.44. The van der Waals surface area contributed by atoms with Crippen LogP contribution in [0.2, 0.25) is 13.1 Å². The number of hydrogen-bond acceptors (Lipinski definition) is 1. The highest BCUT2D eigenvalue weighted by Gasteiger charge is 2.57. The fourth-order valence-electron chi connectivity index (χ4n) is 8.37. The van der Waals surface area contributed by atoms with Crippen LogP contribution in [0.15, 0.2) is 53.6 Å². The summed E-state index contributed by atoms with van der Waals surface area (Å²) >= 11 is 0. The second kappa shape index (κ2) is 7.73. The topological polar surface area (TPSA) is 9.23 Å². The number of hydrogen-bond donors (Lipinski definition) is 0. The van der Waals surface area contributed by atoms with Crippen LogP contribution in [0.1, 0.15) is 72.1 Å². The second-order valence-corrected chi connectivity index (χ2v) is 15.8. The first-order chi connectivity index (χ1) is 14.8. The highest BCUT2D eigenvalue weighted by molar-refractivity contribution is 6.84. The molecule has 2 heteroatoms. The molecule has 0 bridgehead atoms.